The van der Waals surface area contributed by atoms with Crippen LogP contribution in [-0.4, -0.2) is 30.5 Å². The molecule has 2 aromatic carbocycles. The summed E-state index contributed by atoms with van der Waals surface area (Å²) in [5.41, 5.74) is 2.11. The number of rotatable bonds is 7. The van der Waals surface area contributed by atoms with Gasteiger partial charge >= 0.3 is 0 Å². The van der Waals surface area contributed by atoms with E-state index in [0.717, 1.165) is 43.9 Å². The molecule has 2 aromatic rings. The van der Waals surface area contributed by atoms with Crippen LogP contribution in [-0.2, 0) is 11.3 Å². The predicted octanol–water partition coefficient (Wildman–Crippen LogP) is 4.10. The van der Waals surface area contributed by atoms with Crippen LogP contribution < -0.4 is 10.1 Å². The van der Waals surface area contributed by atoms with E-state index in [4.69, 9.17) is 4.74 Å². The highest BCUT2D eigenvalue weighted by Gasteiger charge is 2.25. The summed E-state index contributed by atoms with van der Waals surface area (Å²) in [6, 6.07) is 18.0. The smallest absolute Gasteiger partial charge is 0.227 e. The minimum absolute atomic E-state index is 0.0692. The number of nitrogens with one attached hydrogen (secondary N) is 1. The lowest BCUT2D eigenvalue weighted by atomic mass is 9.95. The van der Waals surface area contributed by atoms with Crippen LogP contribution >= 0.6 is 0 Å². The number of carbonyl (C=O) groups excluding carboxylic acids is 1. The number of benzene rings is 2. The largest absolute Gasteiger partial charge is 0.489 e. The highest BCUT2D eigenvalue weighted by atomic mass is 16.5. The van der Waals surface area contributed by atoms with Gasteiger partial charge in [0.15, 0.2) is 0 Å². The molecule has 1 amide bonds. The minimum atomic E-state index is 0.0692. The molecule has 4 nitrogen and oxygen atoms in total. The van der Waals surface area contributed by atoms with Crippen LogP contribution in [0.15, 0.2) is 67.3 Å². The fraction of sp³-hybridized carbons (Fsp3) is 0.318. The van der Waals surface area contributed by atoms with Gasteiger partial charge in [-0.1, -0.05) is 49.1 Å². The van der Waals surface area contributed by atoms with Crippen molar-refractivity contribution in [2.75, 3.05) is 25.0 Å². The molecule has 1 aliphatic rings. The number of carbonyl (C=O) groups is 1. The maximum Gasteiger partial charge on any atom is 0.227 e. The topological polar surface area (TPSA) is 41.6 Å². The van der Waals surface area contributed by atoms with Gasteiger partial charge in [0, 0.05) is 24.2 Å². The number of hydrogen-bond acceptors (Lipinski definition) is 3. The Hall–Kier alpha value is -2.59. The Morgan fingerprint density at radius 1 is 1.15 bits per heavy atom. The second-order valence-electron chi connectivity index (χ2n) is 6.65. The zero-order valence-corrected chi connectivity index (χ0v) is 15.1. The predicted molar refractivity (Wildman–Crippen MR) is 105 cm³/mol. The van der Waals surface area contributed by atoms with Crippen LogP contribution in [0.5, 0.6) is 5.75 Å². The molecule has 0 radical (unpaired) electrons. The molecule has 4 heteroatoms. The molecule has 1 fully saturated rings. The minimum Gasteiger partial charge on any atom is -0.489 e. The van der Waals surface area contributed by atoms with Crippen molar-refractivity contribution in [3.05, 3.63) is 72.8 Å². The van der Waals surface area contributed by atoms with Crippen LogP contribution in [0.1, 0.15) is 18.4 Å². The van der Waals surface area contributed by atoms with Gasteiger partial charge < -0.3 is 10.1 Å². The van der Waals surface area contributed by atoms with E-state index >= 15 is 0 Å². The Kier molecular flexibility index (Phi) is 6.45. The zero-order valence-electron chi connectivity index (χ0n) is 15.1. The Balaban J connectivity index is 1.48. The maximum atomic E-state index is 12.6. The lowest BCUT2D eigenvalue weighted by Gasteiger charge is -2.31. The van der Waals surface area contributed by atoms with Crippen LogP contribution in [0.2, 0.25) is 0 Å². The maximum absolute atomic E-state index is 12.6. The third kappa shape index (κ3) is 5.20. The molecular weight excluding hydrogens is 324 g/mol. The average molecular weight is 350 g/mol. The van der Waals surface area contributed by atoms with Gasteiger partial charge in [-0.3, -0.25) is 9.69 Å². The Morgan fingerprint density at radius 3 is 2.65 bits per heavy atom. The molecule has 3 rings (SSSR count). The molecule has 0 atom stereocenters. The molecular formula is C22H26N2O2. The summed E-state index contributed by atoms with van der Waals surface area (Å²) in [5.74, 6) is 0.908. The Bertz CT molecular complexity index is 722. The summed E-state index contributed by atoms with van der Waals surface area (Å²) < 4.78 is 5.52. The van der Waals surface area contributed by atoms with Gasteiger partial charge in [-0.15, -0.1) is 0 Å². The standard InChI is InChI=1S/C22H26N2O2/c1-2-15-26-21-10-6-9-20(16-21)23-22(25)19-11-13-24(14-12-19)17-18-7-4-3-5-8-18/h2-10,16,19H,1,11-15,17H2,(H,23,25). The first kappa shape index (κ1) is 18.2. The molecule has 136 valence electrons. The summed E-state index contributed by atoms with van der Waals surface area (Å²) in [4.78, 5) is 15.0. The van der Waals surface area contributed by atoms with Gasteiger partial charge in [0.2, 0.25) is 5.91 Å². The first-order valence-electron chi connectivity index (χ1n) is 9.15. The molecule has 0 aliphatic carbocycles. The SMILES string of the molecule is C=CCOc1cccc(NC(=O)C2CCN(Cc3ccccc3)CC2)c1. The van der Waals surface area contributed by atoms with Crippen molar-refractivity contribution in [2.24, 2.45) is 5.92 Å². The van der Waals surface area contributed by atoms with E-state index < -0.39 is 0 Å². The molecule has 0 aromatic heterocycles. The molecule has 0 bridgehead atoms. The van der Waals surface area contributed by atoms with Gasteiger partial charge in [-0.05, 0) is 43.6 Å². The Labute approximate surface area is 155 Å². The number of nitrogens with zero attached hydrogens (tertiary/aromatic N) is 1. The number of anilines is 1. The van der Waals surface area contributed by atoms with Crippen molar-refractivity contribution < 1.29 is 9.53 Å². The van der Waals surface area contributed by atoms with E-state index in [0.29, 0.717) is 6.61 Å². The van der Waals surface area contributed by atoms with Crippen LogP contribution in [0, 0.1) is 5.92 Å². The molecule has 0 spiro atoms. The molecule has 1 heterocycles. The van der Waals surface area contributed by atoms with Gasteiger partial charge in [0.1, 0.15) is 12.4 Å². The van der Waals surface area contributed by atoms with E-state index in [2.05, 4.69) is 41.1 Å². The summed E-state index contributed by atoms with van der Waals surface area (Å²) in [5, 5.41) is 3.03. The highest BCUT2D eigenvalue weighted by molar-refractivity contribution is 5.92. The van der Waals surface area contributed by atoms with E-state index in [-0.39, 0.29) is 11.8 Å². The van der Waals surface area contributed by atoms with Gasteiger partial charge in [0.25, 0.3) is 0 Å². The summed E-state index contributed by atoms with van der Waals surface area (Å²) in [6.45, 7) is 6.96. The lowest BCUT2D eigenvalue weighted by Crippen LogP contribution is -2.37. The molecule has 1 saturated heterocycles. The third-order valence-electron chi connectivity index (χ3n) is 4.68. The monoisotopic (exact) mass is 350 g/mol. The molecule has 0 unspecified atom stereocenters. The average Bonchev–Trinajstić information content (AvgIpc) is 2.68. The van der Waals surface area contributed by atoms with E-state index in [9.17, 15) is 4.79 Å². The highest BCUT2D eigenvalue weighted by Crippen LogP contribution is 2.22. The second-order valence-corrected chi connectivity index (χ2v) is 6.65. The Morgan fingerprint density at radius 2 is 1.92 bits per heavy atom. The first-order valence-corrected chi connectivity index (χ1v) is 9.15. The van der Waals surface area contributed by atoms with Gasteiger partial charge in [-0.2, -0.15) is 0 Å². The quantitative estimate of drug-likeness (QED) is 0.764. The molecule has 1 N–H and O–H groups in total. The van der Waals surface area contributed by atoms with Gasteiger partial charge in [0.05, 0.1) is 0 Å². The normalized spacial score (nSPS) is 15.4. The molecule has 0 saturated carbocycles. The van der Waals surface area contributed by atoms with E-state index in [1.165, 1.54) is 5.56 Å². The molecule has 26 heavy (non-hydrogen) atoms. The van der Waals surface area contributed by atoms with Crippen molar-refractivity contribution in [3.63, 3.8) is 0 Å². The number of amides is 1. The van der Waals surface area contributed by atoms with Crippen LogP contribution in [0.3, 0.4) is 0 Å². The summed E-state index contributed by atoms with van der Waals surface area (Å²) in [6.07, 6.45) is 3.49. The van der Waals surface area contributed by atoms with Crippen molar-refractivity contribution in [3.8, 4) is 5.75 Å². The van der Waals surface area contributed by atoms with Crippen molar-refractivity contribution in [2.45, 2.75) is 19.4 Å². The zero-order chi connectivity index (χ0) is 18.2. The summed E-state index contributed by atoms with van der Waals surface area (Å²) >= 11 is 0. The van der Waals surface area contributed by atoms with Crippen molar-refractivity contribution in [1.82, 2.24) is 4.90 Å². The fourth-order valence-corrected chi connectivity index (χ4v) is 3.26. The van der Waals surface area contributed by atoms with Gasteiger partial charge in [-0.25, -0.2) is 0 Å². The lowest BCUT2D eigenvalue weighted by molar-refractivity contribution is -0.121. The number of ether oxygens (including phenoxy) is 1. The van der Waals surface area contributed by atoms with Crippen molar-refractivity contribution >= 4 is 11.6 Å². The van der Waals surface area contributed by atoms with E-state index in [1.807, 2.05) is 30.3 Å². The number of piperidine rings is 1. The number of likely N-dealkylation sites (tertiary alicyclic amines) is 1. The van der Waals surface area contributed by atoms with E-state index in [1.54, 1.807) is 6.08 Å². The summed E-state index contributed by atoms with van der Waals surface area (Å²) in [7, 11) is 0. The number of hydrogen-bond donors (Lipinski definition) is 1. The van der Waals surface area contributed by atoms with Crippen molar-refractivity contribution in [1.29, 1.82) is 0 Å². The fourth-order valence-electron chi connectivity index (χ4n) is 3.26. The van der Waals surface area contributed by atoms with Crippen LogP contribution in [0.25, 0.3) is 0 Å². The van der Waals surface area contributed by atoms with Crippen LogP contribution in [0.4, 0.5) is 5.69 Å². The first-order chi connectivity index (χ1) is 12.7. The third-order valence-corrected chi connectivity index (χ3v) is 4.68. The second kappa shape index (κ2) is 9.20. The molecule has 1 aliphatic heterocycles.